The van der Waals surface area contributed by atoms with Crippen molar-refractivity contribution in [2.45, 2.75) is 33.6 Å². The highest BCUT2D eigenvalue weighted by Crippen LogP contribution is 2.34. The van der Waals surface area contributed by atoms with Gasteiger partial charge in [-0.3, -0.25) is 9.78 Å². The Morgan fingerprint density at radius 1 is 1.33 bits per heavy atom. The molecule has 0 aromatic carbocycles. The summed E-state index contributed by atoms with van der Waals surface area (Å²) in [6, 6.07) is 3.65. The minimum Gasteiger partial charge on any atom is -0.339 e. The number of pyridine rings is 1. The fourth-order valence-electron chi connectivity index (χ4n) is 2.62. The monoisotopic (exact) mass is 246 g/mol. The maximum Gasteiger partial charge on any atom is 0.255 e. The van der Waals surface area contributed by atoms with E-state index in [2.05, 4.69) is 25.8 Å². The second kappa shape index (κ2) is 5.09. The van der Waals surface area contributed by atoms with Crippen LogP contribution in [0.5, 0.6) is 0 Å². The maximum absolute atomic E-state index is 12.2. The molecule has 2 rings (SSSR count). The van der Waals surface area contributed by atoms with Gasteiger partial charge in [-0.1, -0.05) is 20.8 Å². The number of carbonyl (C=O) groups excluding carboxylic acids is 1. The standard InChI is InChI=1S/C15H22N2O/c1-15(2,3)13-6-9-17(10-7-13)14(18)12-5-4-8-16-11-12/h4-5,8,11,13H,6-7,9-10H2,1-3H3. The van der Waals surface area contributed by atoms with Crippen molar-refractivity contribution >= 4 is 5.91 Å². The Hall–Kier alpha value is -1.38. The number of hydrogen-bond acceptors (Lipinski definition) is 2. The van der Waals surface area contributed by atoms with E-state index in [1.165, 1.54) is 0 Å². The molecule has 0 bridgehead atoms. The Labute approximate surface area is 109 Å². The third kappa shape index (κ3) is 2.89. The van der Waals surface area contributed by atoms with Crippen LogP contribution in [0.3, 0.4) is 0 Å². The highest BCUT2D eigenvalue weighted by atomic mass is 16.2. The molecule has 0 saturated carbocycles. The molecule has 0 N–H and O–H groups in total. The van der Waals surface area contributed by atoms with E-state index in [9.17, 15) is 4.79 Å². The zero-order chi connectivity index (χ0) is 13.2. The summed E-state index contributed by atoms with van der Waals surface area (Å²) in [5.74, 6) is 0.839. The van der Waals surface area contributed by atoms with Crippen molar-refractivity contribution < 1.29 is 4.79 Å². The number of likely N-dealkylation sites (tertiary alicyclic amines) is 1. The van der Waals surface area contributed by atoms with Gasteiger partial charge in [-0.05, 0) is 36.3 Å². The van der Waals surface area contributed by atoms with Crippen molar-refractivity contribution in [3.63, 3.8) is 0 Å². The topological polar surface area (TPSA) is 33.2 Å². The molecular weight excluding hydrogens is 224 g/mol. The first-order valence-corrected chi connectivity index (χ1v) is 6.68. The average molecular weight is 246 g/mol. The van der Waals surface area contributed by atoms with E-state index in [0.717, 1.165) is 31.8 Å². The highest BCUT2D eigenvalue weighted by Gasteiger charge is 2.30. The van der Waals surface area contributed by atoms with Crippen LogP contribution in [-0.4, -0.2) is 28.9 Å². The van der Waals surface area contributed by atoms with Crippen molar-refractivity contribution in [3.05, 3.63) is 30.1 Å². The van der Waals surface area contributed by atoms with Crippen molar-refractivity contribution in [2.24, 2.45) is 11.3 Å². The first-order chi connectivity index (χ1) is 8.48. The lowest BCUT2D eigenvalue weighted by molar-refractivity contribution is 0.0608. The lowest BCUT2D eigenvalue weighted by Gasteiger charge is -2.38. The van der Waals surface area contributed by atoms with Crippen molar-refractivity contribution in [2.75, 3.05) is 13.1 Å². The summed E-state index contributed by atoms with van der Waals surface area (Å²) in [4.78, 5) is 18.2. The highest BCUT2D eigenvalue weighted by molar-refractivity contribution is 5.93. The Kier molecular flexibility index (Phi) is 3.69. The molecule has 0 aliphatic carbocycles. The van der Waals surface area contributed by atoms with Crippen LogP contribution < -0.4 is 0 Å². The lowest BCUT2D eigenvalue weighted by Crippen LogP contribution is -2.41. The Balaban J connectivity index is 1.96. The van der Waals surface area contributed by atoms with E-state index in [4.69, 9.17) is 0 Å². The normalized spacial score (nSPS) is 17.8. The van der Waals surface area contributed by atoms with Crippen molar-refractivity contribution in [1.82, 2.24) is 9.88 Å². The summed E-state index contributed by atoms with van der Waals surface area (Å²) < 4.78 is 0. The number of carbonyl (C=O) groups is 1. The van der Waals surface area contributed by atoms with Gasteiger partial charge < -0.3 is 4.90 Å². The van der Waals surface area contributed by atoms with E-state index in [-0.39, 0.29) is 5.91 Å². The summed E-state index contributed by atoms with van der Waals surface area (Å²) >= 11 is 0. The van der Waals surface area contributed by atoms with Gasteiger partial charge in [0.2, 0.25) is 0 Å². The summed E-state index contributed by atoms with van der Waals surface area (Å²) in [5.41, 5.74) is 1.05. The van der Waals surface area contributed by atoms with Gasteiger partial charge in [0.25, 0.3) is 5.91 Å². The van der Waals surface area contributed by atoms with Gasteiger partial charge >= 0.3 is 0 Å². The minimum atomic E-state index is 0.121. The van der Waals surface area contributed by atoms with E-state index < -0.39 is 0 Å². The van der Waals surface area contributed by atoms with Gasteiger partial charge in [-0.2, -0.15) is 0 Å². The van der Waals surface area contributed by atoms with Crippen LogP contribution in [0.4, 0.5) is 0 Å². The molecule has 0 atom stereocenters. The first kappa shape index (κ1) is 13.1. The van der Waals surface area contributed by atoms with Crippen LogP contribution in [0.25, 0.3) is 0 Å². The number of hydrogen-bond donors (Lipinski definition) is 0. The van der Waals surface area contributed by atoms with E-state index in [1.54, 1.807) is 12.4 Å². The van der Waals surface area contributed by atoms with E-state index >= 15 is 0 Å². The molecule has 18 heavy (non-hydrogen) atoms. The molecule has 1 aromatic heterocycles. The van der Waals surface area contributed by atoms with Gasteiger partial charge in [-0.25, -0.2) is 0 Å². The first-order valence-electron chi connectivity index (χ1n) is 6.68. The van der Waals surface area contributed by atoms with Crippen LogP contribution in [0.2, 0.25) is 0 Å². The molecule has 1 aliphatic rings. The molecule has 1 saturated heterocycles. The van der Waals surface area contributed by atoms with Crippen molar-refractivity contribution in [1.29, 1.82) is 0 Å². The molecule has 1 aliphatic heterocycles. The van der Waals surface area contributed by atoms with Gasteiger partial charge in [-0.15, -0.1) is 0 Å². The third-order valence-corrected chi connectivity index (χ3v) is 3.92. The predicted octanol–water partition coefficient (Wildman–Crippen LogP) is 2.98. The van der Waals surface area contributed by atoms with Crippen LogP contribution in [-0.2, 0) is 0 Å². The van der Waals surface area contributed by atoms with Gasteiger partial charge in [0, 0.05) is 25.5 Å². The largest absolute Gasteiger partial charge is 0.339 e. The smallest absolute Gasteiger partial charge is 0.255 e. The second-order valence-electron chi connectivity index (χ2n) is 6.17. The zero-order valence-corrected chi connectivity index (χ0v) is 11.5. The zero-order valence-electron chi connectivity index (χ0n) is 11.5. The Bertz CT molecular complexity index is 400. The van der Waals surface area contributed by atoms with Crippen LogP contribution in [0, 0.1) is 11.3 Å². The number of aromatic nitrogens is 1. The summed E-state index contributed by atoms with van der Waals surface area (Å²) in [6.45, 7) is 8.61. The van der Waals surface area contributed by atoms with Crippen LogP contribution >= 0.6 is 0 Å². The number of nitrogens with zero attached hydrogens (tertiary/aromatic N) is 2. The molecule has 0 spiro atoms. The molecule has 1 fully saturated rings. The molecule has 98 valence electrons. The molecule has 3 nitrogen and oxygen atoms in total. The number of rotatable bonds is 1. The second-order valence-corrected chi connectivity index (χ2v) is 6.17. The van der Waals surface area contributed by atoms with Crippen molar-refractivity contribution in [3.8, 4) is 0 Å². The SMILES string of the molecule is CC(C)(C)C1CCN(C(=O)c2cccnc2)CC1. The quantitative estimate of drug-likeness (QED) is 0.763. The van der Waals surface area contributed by atoms with Crippen LogP contribution in [0.1, 0.15) is 44.0 Å². The van der Waals surface area contributed by atoms with E-state index in [1.807, 2.05) is 17.0 Å². The molecule has 3 heteroatoms. The summed E-state index contributed by atoms with van der Waals surface area (Å²) in [7, 11) is 0. The fraction of sp³-hybridized carbons (Fsp3) is 0.600. The molecular formula is C15H22N2O. The Morgan fingerprint density at radius 2 is 2.00 bits per heavy atom. The molecule has 2 heterocycles. The molecule has 0 unspecified atom stereocenters. The fourth-order valence-corrected chi connectivity index (χ4v) is 2.62. The lowest BCUT2D eigenvalue weighted by atomic mass is 9.75. The molecule has 1 amide bonds. The molecule has 1 aromatic rings. The molecule has 0 radical (unpaired) electrons. The predicted molar refractivity (Wildman–Crippen MR) is 72.3 cm³/mol. The third-order valence-electron chi connectivity index (χ3n) is 3.92. The Morgan fingerprint density at radius 3 is 2.50 bits per heavy atom. The maximum atomic E-state index is 12.2. The van der Waals surface area contributed by atoms with E-state index in [0.29, 0.717) is 11.0 Å². The number of piperidine rings is 1. The van der Waals surface area contributed by atoms with Crippen LogP contribution in [0.15, 0.2) is 24.5 Å². The average Bonchev–Trinajstić information content (AvgIpc) is 2.38. The minimum absolute atomic E-state index is 0.121. The summed E-state index contributed by atoms with van der Waals surface area (Å²) in [5, 5.41) is 0. The van der Waals surface area contributed by atoms with Gasteiger partial charge in [0.05, 0.1) is 5.56 Å². The summed E-state index contributed by atoms with van der Waals surface area (Å²) in [6.07, 6.45) is 5.56. The van der Waals surface area contributed by atoms with Gasteiger partial charge in [0.15, 0.2) is 0 Å². The van der Waals surface area contributed by atoms with Gasteiger partial charge in [0.1, 0.15) is 0 Å². The number of amides is 1.